The van der Waals surface area contributed by atoms with Crippen LogP contribution < -0.4 is 5.73 Å². The maximum atomic E-state index is 14.0. The smallest absolute Gasteiger partial charge is 0.129 e. The highest BCUT2D eigenvalue weighted by Crippen LogP contribution is 2.35. The van der Waals surface area contributed by atoms with Gasteiger partial charge in [0.2, 0.25) is 0 Å². The van der Waals surface area contributed by atoms with Gasteiger partial charge in [0, 0.05) is 50.0 Å². The molecule has 0 radical (unpaired) electrons. The summed E-state index contributed by atoms with van der Waals surface area (Å²) in [5.41, 5.74) is 9.49. The fourth-order valence-corrected chi connectivity index (χ4v) is 4.38. The van der Waals surface area contributed by atoms with Gasteiger partial charge in [-0.1, -0.05) is 0 Å². The number of hydrogen-bond acceptors (Lipinski definition) is 4. The molecule has 136 valence electrons. The van der Waals surface area contributed by atoms with Gasteiger partial charge in [0.05, 0.1) is 6.61 Å². The summed E-state index contributed by atoms with van der Waals surface area (Å²) in [6.07, 6.45) is 2.53. The molecule has 1 saturated heterocycles. The second-order valence-electron chi connectivity index (χ2n) is 7.45. The van der Waals surface area contributed by atoms with Crippen LogP contribution in [0.15, 0.2) is 29.5 Å². The van der Waals surface area contributed by atoms with Crippen LogP contribution in [0, 0.1) is 11.6 Å². The summed E-state index contributed by atoms with van der Waals surface area (Å²) < 4.78 is 33.4. The lowest BCUT2D eigenvalue weighted by molar-refractivity contribution is -0.0468. The first-order chi connectivity index (χ1) is 12.0. The minimum absolute atomic E-state index is 0.224. The van der Waals surface area contributed by atoms with Crippen LogP contribution in [0.4, 0.5) is 8.78 Å². The van der Waals surface area contributed by atoms with Crippen molar-refractivity contribution in [1.29, 1.82) is 0 Å². The van der Waals surface area contributed by atoms with Crippen molar-refractivity contribution in [2.45, 2.75) is 37.5 Å². The molecule has 1 aromatic carbocycles. The molecule has 0 aliphatic carbocycles. The highest BCUT2D eigenvalue weighted by atomic mass is 19.1. The minimum Gasteiger partial charge on any atom is -0.377 e. The molecule has 4 nitrogen and oxygen atoms in total. The lowest BCUT2D eigenvalue weighted by atomic mass is 9.93. The van der Waals surface area contributed by atoms with Crippen LogP contribution in [-0.4, -0.2) is 55.2 Å². The molecule has 4 rings (SSSR count). The van der Waals surface area contributed by atoms with Crippen LogP contribution in [-0.2, 0) is 4.74 Å². The zero-order valence-electron chi connectivity index (χ0n) is 14.5. The topological polar surface area (TPSA) is 41.7 Å². The second-order valence-corrected chi connectivity index (χ2v) is 7.45. The summed E-state index contributed by atoms with van der Waals surface area (Å²) in [6.45, 7) is 3.53. The number of ether oxygens (including phenoxy) is 1. The molecular weight excluding hydrogens is 324 g/mol. The van der Waals surface area contributed by atoms with Crippen molar-refractivity contribution < 1.29 is 13.5 Å². The Bertz CT molecular complexity index is 693. The zero-order chi connectivity index (χ0) is 17.6. The van der Waals surface area contributed by atoms with E-state index < -0.39 is 17.7 Å². The molecule has 0 spiro atoms. The molecule has 6 heteroatoms. The highest BCUT2D eigenvalue weighted by Gasteiger charge is 2.37. The quantitative estimate of drug-likeness (QED) is 0.890. The number of nitrogens with zero attached hydrogens (tertiary/aromatic N) is 2. The molecule has 1 fully saturated rings. The third-order valence-electron chi connectivity index (χ3n) is 5.77. The van der Waals surface area contributed by atoms with E-state index in [4.69, 9.17) is 10.5 Å². The van der Waals surface area contributed by atoms with Gasteiger partial charge in [0.25, 0.3) is 0 Å². The van der Waals surface area contributed by atoms with Gasteiger partial charge in [-0.3, -0.25) is 4.90 Å². The highest BCUT2D eigenvalue weighted by molar-refractivity contribution is 5.26. The molecule has 0 bridgehead atoms. The first kappa shape index (κ1) is 16.9. The second kappa shape index (κ2) is 6.67. The summed E-state index contributed by atoms with van der Waals surface area (Å²) in [4.78, 5) is 4.78. The Morgan fingerprint density at radius 1 is 1.24 bits per heavy atom. The molecule has 3 atom stereocenters. The van der Waals surface area contributed by atoms with Crippen molar-refractivity contribution in [3.63, 3.8) is 0 Å². The average molecular weight is 349 g/mol. The lowest BCUT2D eigenvalue weighted by Gasteiger charge is -2.39. The fraction of sp³-hybridized carbons (Fsp3) is 0.579. The number of hydrogen-bond donors (Lipinski definition) is 1. The van der Waals surface area contributed by atoms with E-state index in [0.717, 1.165) is 38.2 Å². The van der Waals surface area contributed by atoms with E-state index in [1.165, 1.54) is 30.2 Å². The first-order valence-electron chi connectivity index (χ1n) is 9.01. The van der Waals surface area contributed by atoms with Crippen molar-refractivity contribution in [3.8, 4) is 0 Å². The Morgan fingerprint density at radius 2 is 2.08 bits per heavy atom. The van der Waals surface area contributed by atoms with Crippen molar-refractivity contribution >= 4 is 0 Å². The molecule has 3 heterocycles. The third-order valence-corrected chi connectivity index (χ3v) is 5.77. The first-order valence-corrected chi connectivity index (χ1v) is 9.01. The Labute approximate surface area is 147 Å². The average Bonchev–Trinajstić information content (AvgIpc) is 3.03. The molecule has 0 saturated carbocycles. The SMILES string of the molecule is CN1CCCC2=C1CN([C@H]1CO[C@H](c3cc(F)ccc3F)[C@@H](N)C1)C2. The predicted octanol–water partition coefficient (Wildman–Crippen LogP) is 2.42. The number of halogens is 2. The van der Waals surface area contributed by atoms with Crippen LogP contribution in [0.25, 0.3) is 0 Å². The van der Waals surface area contributed by atoms with Gasteiger partial charge in [-0.2, -0.15) is 0 Å². The van der Waals surface area contributed by atoms with Gasteiger partial charge in [-0.15, -0.1) is 0 Å². The van der Waals surface area contributed by atoms with E-state index in [9.17, 15) is 8.78 Å². The van der Waals surface area contributed by atoms with Crippen LogP contribution in [0.3, 0.4) is 0 Å². The number of nitrogens with two attached hydrogens (primary N) is 1. The van der Waals surface area contributed by atoms with Crippen LogP contribution >= 0.6 is 0 Å². The lowest BCUT2D eigenvalue weighted by Crippen LogP contribution is -2.49. The molecule has 0 aromatic heterocycles. The van der Waals surface area contributed by atoms with Gasteiger partial charge in [-0.05, 0) is 43.0 Å². The Balaban J connectivity index is 1.43. The summed E-state index contributed by atoms with van der Waals surface area (Å²) in [5, 5.41) is 0. The standard InChI is InChI=1S/C19H25F2N3O/c1-23-6-2-3-12-9-24(10-18(12)23)14-8-17(22)19(25-11-14)15-7-13(20)4-5-16(15)21/h4-5,7,14,17,19H,2-3,6,8-11,22H2,1H3/t14-,17+,19-/m1/s1. The summed E-state index contributed by atoms with van der Waals surface area (Å²) >= 11 is 0. The molecule has 1 aromatic rings. The normalized spacial score (nSPS) is 30.7. The van der Waals surface area contributed by atoms with E-state index in [0.29, 0.717) is 6.61 Å². The Kier molecular flexibility index (Phi) is 4.52. The van der Waals surface area contributed by atoms with E-state index in [-0.39, 0.29) is 17.6 Å². The predicted molar refractivity (Wildman–Crippen MR) is 91.9 cm³/mol. The number of likely N-dealkylation sites (N-methyl/N-ethyl adjacent to an activating group) is 1. The van der Waals surface area contributed by atoms with Crippen LogP contribution in [0.5, 0.6) is 0 Å². The van der Waals surface area contributed by atoms with Gasteiger partial charge >= 0.3 is 0 Å². The monoisotopic (exact) mass is 349 g/mol. The maximum absolute atomic E-state index is 14.0. The van der Waals surface area contributed by atoms with Gasteiger partial charge in [0.15, 0.2) is 0 Å². The molecule has 0 amide bonds. The van der Waals surface area contributed by atoms with Crippen molar-refractivity contribution in [3.05, 3.63) is 46.7 Å². The van der Waals surface area contributed by atoms with Crippen LogP contribution in [0.2, 0.25) is 0 Å². The van der Waals surface area contributed by atoms with Crippen LogP contribution in [0.1, 0.15) is 30.9 Å². The molecule has 0 unspecified atom stereocenters. The number of rotatable bonds is 2. The van der Waals surface area contributed by atoms with Gasteiger partial charge in [-0.25, -0.2) is 8.78 Å². The maximum Gasteiger partial charge on any atom is 0.129 e. The van der Waals surface area contributed by atoms with Gasteiger partial charge in [0.1, 0.15) is 17.7 Å². The molecule has 3 aliphatic rings. The molecule has 25 heavy (non-hydrogen) atoms. The Morgan fingerprint density at radius 3 is 2.84 bits per heavy atom. The number of benzene rings is 1. The zero-order valence-corrected chi connectivity index (χ0v) is 14.5. The largest absolute Gasteiger partial charge is 0.377 e. The van der Waals surface area contributed by atoms with Crippen molar-refractivity contribution in [1.82, 2.24) is 9.80 Å². The fourth-order valence-electron chi connectivity index (χ4n) is 4.38. The van der Waals surface area contributed by atoms with Crippen molar-refractivity contribution in [2.24, 2.45) is 5.73 Å². The van der Waals surface area contributed by atoms with Gasteiger partial charge < -0.3 is 15.4 Å². The van der Waals surface area contributed by atoms with Crippen molar-refractivity contribution in [2.75, 3.05) is 33.3 Å². The Hall–Kier alpha value is -1.50. The molecule has 2 N–H and O–H groups in total. The summed E-state index contributed by atoms with van der Waals surface area (Å²) in [6, 6.07) is 3.34. The molecular formula is C19H25F2N3O. The summed E-state index contributed by atoms with van der Waals surface area (Å²) in [7, 11) is 2.16. The minimum atomic E-state index is -0.584. The third kappa shape index (κ3) is 3.18. The van der Waals surface area contributed by atoms with E-state index >= 15 is 0 Å². The molecule has 3 aliphatic heterocycles. The van der Waals surface area contributed by atoms with E-state index in [2.05, 4.69) is 16.8 Å². The van der Waals surface area contributed by atoms with E-state index in [1.807, 2.05) is 0 Å². The van der Waals surface area contributed by atoms with E-state index in [1.54, 1.807) is 0 Å². The summed E-state index contributed by atoms with van der Waals surface area (Å²) in [5.74, 6) is -0.922.